The molecule has 0 saturated carbocycles. The molecule has 0 spiro atoms. The van der Waals surface area contributed by atoms with Gasteiger partial charge in [0.15, 0.2) is 5.82 Å². The number of hydrogen-bond acceptors (Lipinski definition) is 3. The highest BCUT2D eigenvalue weighted by Gasteiger charge is 2.18. The molecule has 2 heterocycles. The molecule has 2 rings (SSSR count). The molecule has 0 aliphatic carbocycles. The van der Waals surface area contributed by atoms with Crippen LogP contribution in [-0.4, -0.2) is 15.6 Å². The van der Waals surface area contributed by atoms with Crippen LogP contribution in [0.2, 0.25) is 0 Å². The summed E-state index contributed by atoms with van der Waals surface area (Å²) >= 11 is 0. The third-order valence-corrected chi connectivity index (χ3v) is 2.19. The lowest BCUT2D eigenvalue weighted by molar-refractivity contribution is 0.536. The largest absolute Gasteiger partial charge is 0.344 e. The molecule has 4 nitrogen and oxygen atoms in total. The van der Waals surface area contributed by atoms with Crippen molar-refractivity contribution in [3.63, 3.8) is 0 Å². The molecule has 74 valence electrons. The topological polar surface area (TPSA) is 42.2 Å². The van der Waals surface area contributed by atoms with Gasteiger partial charge < -0.3 is 5.32 Å². The summed E-state index contributed by atoms with van der Waals surface area (Å²) in [5.74, 6) is 1.77. The zero-order chi connectivity index (χ0) is 10.3. The Bertz CT molecular complexity index is 412. The van der Waals surface area contributed by atoms with Crippen LogP contribution in [0.1, 0.15) is 32.4 Å². The van der Waals surface area contributed by atoms with Gasteiger partial charge in [-0.1, -0.05) is 6.58 Å². The van der Waals surface area contributed by atoms with E-state index in [0.717, 1.165) is 22.9 Å². The predicted octanol–water partition coefficient (Wildman–Crippen LogP) is 2.09. The van der Waals surface area contributed by atoms with E-state index in [1.54, 1.807) is 6.20 Å². The van der Waals surface area contributed by atoms with E-state index in [1.807, 2.05) is 11.6 Å². The van der Waals surface area contributed by atoms with E-state index in [9.17, 15) is 0 Å². The quantitative estimate of drug-likeness (QED) is 0.736. The predicted molar refractivity (Wildman–Crippen MR) is 57.6 cm³/mol. The van der Waals surface area contributed by atoms with Crippen LogP contribution in [0.15, 0.2) is 17.8 Å². The van der Waals surface area contributed by atoms with Crippen molar-refractivity contribution in [3.8, 4) is 0 Å². The van der Waals surface area contributed by atoms with Crippen LogP contribution in [-0.2, 0) is 0 Å². The Morgan fingerprint density at radius 3 is 2.86 bits per heavy atom. The van der Waals surface area contributed by atoms with Gasteiger partial charge in [0, 0.05) is 11.7 Å². The molecule has 0 atom stereocenters. The minimum Gasteiger partial charge on any atom is -0.344 e. The van der Waals surface area contributed by atoms with Gasteiger partial charge in [0.25, 0.3) is 0 Å². The van der Waals surface area contributed by atoms with E-state index in [1.165, 1.54) is 0 Å². The van der Waals surface area contributed by atoms with Gasteiger partial charge in [-0.05, 0) is 20.8 Å². The third kappa shape index (κ3) is 1.23. The molecule has 1 aliphatic rings. The number of nitrogens with zero attached hydrogens (tertiary/aromatic N) is 3. The first-order valence-electron chi connectivity index (χ1n) is 4.68. The fourth-order valence-corrected chi connectivity index (χ4v) is 1.53. The van der Waals surface area contributed by atoms with Crippen molar-refractivity contribution < 1.29 is 0 Å². The molecule has 0 aromatic carbocycles. The number of aromatic nitrogens is 2. The summed E-state index contributed by atoms with van der Waals surface area (Å²) in [5.41, 5.74) is 1.86. The Balaban J connectivity index is 2.58. The Kier molecular flexibility index (Phi) is 1.91. The first-order valence-corrected chi connectivity index (χ1v) is 4.68. The fourth-order valence-electron chi connectivity index (χ4n) is 1.53. The summed E-state index contributed by atoms with van der Waals surface area (Å²) in [6.07, 6.45) is 1.81. The van der Waals surface area contributed by atoms with Crippen LogP contribution >= 0.6 is 0 Å². The molecule has 0 radical (unpaired) electrons. The number of amidine groups is 1. The summed E-state index contributed by atoms with van der Waals surface area (Å²) in [4.78, 5) is 4.42. The maximum atomic E-state index is 4.42. The lowest BCUT2D eigenvalue weighted by atomic mass is 10.2. The average Bonchev–Trinajstić information content (AvgIpc) is 2.47. The van der Waals surface area contributed by atoms with E-state index in [2.05, 4.69) is 35.8 Å². The van der Waals surface area contributed by atoms with Crippen molar-refractivity contribution in [2.45, 2.75) is 26.8 Å². The van der Waals surface area contributed by atoms with Gasteiger partial charge in [0.05, 0.1) is 11.8 Å². The van der Waals surface area contributed by atoms with Crippen LogP contribution in [0, 0.1) is 0 Å². The molecule has 0 fully saturated rings. The summed E-state index contributed by atoms with van der Waals surface area (Å²) in [5, 5.41) is 7.38. The molecule has 1 N–H and O–H groups in total. The minimum atomic E-state index is 0.321. The Labute approximate surface area is 83.3 Å². The molecule has 1 aliphatic heterocycles. The van der Waals surface area contributed by atoms with E-state index in [-0.39, 0.29) is 0 Å². The number of nitrogens with one attached hydrogen (secondary N) is 1. The summed E-state index contributed by atoms with van der Waals surface area (Å²) in [6.45, 7) is 10.0. The van der Waals surface area contributed by atoms with E-state index in [4.69, 9.17) is 0 Å². The number of hydrogen-bond donors (Lipinski definition) is 1. The van der Waals surface area contributed by atoms with Crippen molar-refractivity contribution >= 4 is 17.4 Å². The summed E-state index contributed by atoms with van der Waals surface area (Å²) in [6, 6.07) is 0.321. The van der Waals surface area contributed by atoms with Crippen LogP contribution in [0.3, 0.4) is 0 Å². The van der Waals surface area contributed by atoms with E-state index < -0.39 is 0 Å². The van der Waals surface area contributed by atoms with Crippen molar-refractivity contribution in [3.05, 3.63) is 18.3 Å². The van der Waals surface area contributed by atoms with Gasteiger partial charge in [-0.15, -0.1) is 0 Å². The fraction of sp³-hybridized carbons (Fsp3) is 0.400. The molecule has 1 aromatic rings. The van der Waals surface area contributed by atoms with Gasteiger partial charge in [-0.3, -0.25) is 0 Å². The van der Waals surface area contributed by atoms with E-state index >= 15 is 0 Å². The zero-order valence-corrected chi connectivity index (χ0v) is 8.70. The van der Waals surface area contributed by atoms with Crippen molar-refractivity contribution in [2.75, 3.05) is 0 Å². The van der Waals surface area contributed by atoms with Crippen molar-refractivity contribution in [1.29, 1.82) is 0 Å². The normalized spacial score (nSPS) is 15.1. The Hall–Kier alpha value is -1.58. The van der Waals surface area contributed by atoms with Crippen molar-refractivity contribution in [1.82, 2.24) is 15.1 Å². The Morgan fingerprint density at radius 1 is 1.50 bits per heavy atom. The summed E-state index contributed by atoms with van der Waals surface area (Å²) < 4.78 is 1.91. The standard InChI is InChI=1S/C10H14N4/c1-6(2)14-10-9(5-11-14)7(3)12-8(4)13-10/h5-6H,3H2,1-2,4H3,(H,12,13). The SMILES string of the molecule is C=C1NC(C)=Nc2c1cnn2C(C)C. The highest BCUT2D eigenvalue weighted by molar-refractivity contribution is 5.95. The second kappa shape index (κ2) is 2.97. The molecule has 14 heavy (non-hydrogen) atoms. The van der Waals surface area contributed by atoms with Gasteiger partial charge in [0.1, 0.15) is 5.84 Å². The second-order valence-electron chi connectivity index (χ2n) is 3.72. The number of fused-ring (bicyclic) bond motifs is 1. The lowest BCUT2D eigenvalue weighted by Crippen LogP contribution is -2.21. The molecular weight excluding hydrogens is 176 g/mol. The number of rotatable bonds is 1. The molecular formula is C10H14N4. The summed E-state index contributed by atoms with van der Waals surface area (Å²) in [7, 11) is 0. The molecule has 0 unspecified atom stereocenters. The van der Waals surface area contributed by atoms with Crippen molar-refractivity contribution in [2.24, 2.45) is 4.99 Å². The smallest absolute Gasteiger partial charge is 0.162 e. The van der Waals surface area contributed by atoms with Crippen LogP contribution in [0.5, 0.6) is 0 Å². The Morgan fingerprint density at radius 2 is 2.21 bits per heavy atom. The molecule has 1 aromatic heterocycles. The van der Waals surface area contributed by atoms with Gasteiger partial charge in [0.2, 0.25) is 0 Å². The highest BCUT2D eigenvalue weighted by atomic mass is 15.3. The van der Waals surface area contributed by atoms with Crippen LogP contribution < -0.4 is 5.32 Å². The molecule has 4 heteroatoms. The lowest BCUT2D eigenvalue weighted by Gasteiger charge is -2.16. The highest BCUT2D eigenvalue weighted by Crippen LogP contribution is 2.29. The maximum absolute atomic E-state index is 4.42. The monoisotopic (exact) mass is 190 g/mol. The van der Waals surface area contributed by atoms with Gasteiger partial charge in [-0.2, -0.15) is 5.10 Å². The first-order chi connectivity index (χ1) is 6.59. The second-order valence-corrected chi connectivity index (χ2v) is 3.72. The molecule has 0 amide bonds. The first kappa shape index (κ1) is 8.99. The molecule has 0 bridgehead atoms. The third-order valence-electron chi connectivity index (χ3n) is 2.19. The maximum Gasteiger partial charge on any atom is 0.162 e. The average molecular weight is 190 g/mol. The number of aliphatic imine (C=N–C) groups is 1. The van der Waals surface area contributed by atoms with Gasteiger partial charge >= 0.3 is 0 Å². The van der Waals surface area contributed by atoms with E-state index in [0.29, 0.717) is 6.04 Å². The molecule has 0 saturated heterocycles. The minimum absolute atomic E-state index is 0.321. The van der Waals surface area contributed by atoms with Crippen LogP contribution in [0.25, 0.3) is 5.70 Å². The van der Waals surface area contributed by atoms with Crippen LogP contribution in [0.4, 0.5) is 5.82 Å². The van der Waals surface area contributed by atoms with Gasteiger partial charge in [-0.25, -0.2) is 9.67 Å². The zero-order valence-electron chi connectivity index (χ0n) is 8.70.